The molecule has 2 aliphatic heterocycles. The summed E-state index contributed by atoms with van der Waals surface area (Å²) >= 11 is 0. The Morgan fingerprint density at radius 3 is 3.20 bits per heavy atom. The second-order valence-electron chi connectivity index (χ2n) is 3.81. The summed E-state index contributed by atoms with van der Waals surface area (Å²) in [6.45, 7) is 0.548. The predicted molar refractivity (Wildman–Crippen MR) is 49.8 cm³/mol. The second kappa shape index (κ2) is 2.06. The molecule has 4 rings (SSSR count). The first-order valence-corrected chi connectivity index (χ1v) is 4.74. The fraction of sp³-hybridized carbons (Fsp3) is 0.182. The Morgan fingerprint density at radius 1 is 1.47 bits per heavy atom. The van der Waals surface area contributed by atoms with Crippen molar-refractivity contribution in [2.75, 3.05) is 6.61 Å². The summed E-state index contributed by atoms with van der Waals surface area (Å²) in [5.74, 6) is 1.70. The minimum atomic E-state index is -1.26. The zero-order valence-corrected chi connectivity index (χ0v) is 7.73. The summed E-state index contributed by atoms with van der Waals surface area (Å²) in [6.07, 6.45) is 3.47. The van der Waals surface area contributed by atoms with Gasteiger partial charge in [0.05, 0.1) is 0 Å². The molecule has 15 heavy (non-hydrogen) atoms. The van der Waals surface area contributed by atoms with Gasteiger partial charge in [-0.05, 0) is 18.2 Å². The van der Waals surface area contributed by atoms with Crippen molar-refractivity contribution in [1.29, 1.82) is 0 Å². The van der Waals surface area contributed by atoms with E-state index in [1.165, 1.54) is 0 Å². The number of aromatic nitrogens is 1. The molecule has 1 aliphatic carbocycles. The molecule has 0 saturated carbocycles. The van der Waals surface area contributed by atoms with Gasteiger partial charge in [-0.1, -0.05) is 0 Å². The highest BCUT2D eigenvalue weighted by atomic mass is 16.5. The maximum absolute atomic E-state index is 10.5. The summed E-state index contributed by atoms with van der Waals surface area (Å²) in [5.41, 5.74) is 0.272. The van der Waals surface area contributed by atoms with Crippen molar-refractivity contribution in [1.82, 2.24) is 4.98 Å². The SMILES string of the molecule is OC12C(=CC3=C1OC3)Oc1cccnc12. The molecule has 0 radical (unpaired) electrons. The quantitative estimate of drug-likeness (QED) is 0.675. The Bertz CT molecular complexity index is 547. The van der Waals surface area contributed by atoms with Crippen LogP contribution in [0.25, 0.3) is 0 Å². The smallest absolute Gasteiger partial charge is 0.226 e. The van der Waals surface area contributed by atoms with Gasteiger partial charge in [0, 0.05) is 11.8 Å². The van der Waals surface area contributed by atoms with Crippen LogP contribution in [0, 0.1) is 0 Å². The molecule has 1 N–H and O–H groups in total. The van der Waals surface area contributed by atoms with Gasteiger partial charge in [-0.3, -0.25) is 4.98 Å². The second-order valence-corrected chi connectivity index (χ2v) is 3.81. The van der Waals surface area contributed by atoms with Gasteiger partial charge >= 0.3 is 0 Å². The van der Waals surface area contributed by atoms with E-state index in [2.05, 4.69) is 4.98 Å². The number of hydrogen-bond donors (Lipinski definition) is 1. The highest BCUT2D eigenvalue weighted by Crippen LogP contribution is 2.54. The van der Waals surface area contributed by atoms with Gasteiger partial charge in [-0.25, -0.2) is 0 Å². The third-order valence-electron chi connectivity index (χ3n) is 2.99. The van der Waals surface area contributed by atoms with Gasteiger partial charge in [0.25, 0.3) is 0 Å². The minimum Gasteiger partial charge on any atom is -0.489 e. The molecule has 0 spiro atoms. The zero-order valence-electron chi connectivity index (χ0n) is 7.73. The molecular weight excluding hydrogens is 194 g/mol. The van der Waals surface area contributed by atoms with Gasteiger partial charge in [0.2, 0.25) is 5.60 Å². The topological polar surface area (TPSA) is 51.6 Å². The minimum absolute atomic E-state index is 0.513. The molecule has 4 nitrogen and oxygen atoms in total. The largest absolute Gasteiger partial charge is 0.489 e. The number of nitrogens with zero attached hydrogens (tertiary/aromatic N) is 1. The average molecular weight is 201 g/mol. The summed E-state index contributed by atoms with van der Waals surface area (Å²) in [7, 11) is 0. The van der Waals surface area contributed by atoms with Gasteiger partial charge < -0.3 is 14.6 Å². The lowest BCUT2D eigenvalue weighted by Crippen LogP contribution is -2.31. The number of rotatable bonds is 0. The molecule has 0 amide bonds. The van der Waals surface area contributed by atoms with Crippen LogP contribution in [0.3, 0.4) is 0 Å². The van der Waals surface area contributed by atoms with E-state index < -0.39 is 5.60 Å². The lowest BCUT2D eigenvalue weighted by Gasteiger charge is -2.27. The first-order valence-electron chi connectivity index (χ1n) is 4.74. The van der Waals surface area contributed by atoms with Crippen LogP contribution in [0.15, 0.2) is 41.5 Å². The van der Waals surface area contributed by atoms with Gasteiger partial charge in [-0.2, -0.15) is 0 Å². The Morgan fingerprint density at radius 2 is 2.40 bits per heavy atom. The summed E-state index contributed by atoms with van der Waals surface area (Å²) < 4.78 is 10.8. The third-order valence-corrected chi connectivity index (χ3v) is 2.99. The average Bonchev–Trinajstić information content (AvgIpc) is 2.56. The molecule has 1 unspecified atom stereocenters. The van der Waals surface area contributed by atoms with Crippen LogP contribution in [0.2, 0.25) is 0 Å². The van der Waals surface area contributed by atoms with Gasteiger partial charge in [-0.15, -0.1) is 0 Å². The van der Waals surface area contributed by atoms with Gasteiger partial charge in [0.1, 0.15) is 18.1 Å². The summed E-state index contributed by atoms with van der Waals surface area (Å²) in [6, 6.07) is 3.57. The molecule has 4 heteroatoms. The number of aliphatic hydroxyl groups is 1. The number of ether oxygens (including phenoxy) is 2. The van der Waals surface area contributed by atoms with Crippen LogP contribution in [0.4, 0.5) is 0 Å². The molecule has 0 aromatic carbocycles. The highest BCUT2D eigenvalue weighted by Gasteiger charge is 2.56. The van der Waals surface area contributed by atoms with Crippen molar-refractivity contribution < 1.29 is 14.6 Å². The zero-order chi connectivity index (χ0) is 10.0. The molecule has 3 heterocycles. The Kier molecular flexibility index (Phi) is 1.03. The summed E-state index contributed by atoms with van der Waals surface area (Å²) in [4.78, 5) is 4.16. The summed E-state index contributed by atoms with van der Waals surface area (Å²) in [5, 5.41) is 10.5. The van der Waals surface area contributed by atoms with Crippen LogP contribution in [0.5, 0.6) is 5.75 Å². The van der Waals surface area contributed by atoms with Crippen molar-refractivity contribution >= 4 is 0 Å². The Hall–Kier alpha value is -1.81. The standard InChI is InChI=1S/C11H7NO3/c13-11-8(4-6-5-14-10(6)11)15-7-2-1-3-12-9(7)11/h1-4,13H,5H2. The number of fused-ring (bicyclic) bond motifs is 4. The van der Waals surface area contributed by atoms with E-state index >= 15 is 0 Å². The number of pyridine rings is 1. The first kappa shape index (κ1) is 7.48. The number of hydrogen-bond acceptors (Lipinski definition) is 4. The van der Waals surface area contributed by atoms with E-state index in [1.807, 2.05) is 6.08 Å². The van der Waals surface area contributed by atoms with Crippen LogP contribution in [0.1, 0.15) is 5.69 Å². The van der Waals surface area contributed by atoms with E-state index in [4.69, 9.17) is 9.47 Å². The predicted octanol–water partition coefficient (Wildman–Crippen LogP) is 0.843. The molecule has 0 saturated heterocycles. The maximum atomic E-state index is 10.5. The Balaban J connectivity index is 2.03. The van der Waals surface area contributed by atoms with E-state index in [9.17, 15) is 5.11 Å². The highest BCUT2D eigenvalue weighted by molar-refractivity contribution is 5.59. The molecule has 1 aromatic heterocycles. The van der Waals surface area contributed by atoms with Crippen molar-refractivity contribution in [3.05, 3.63) is 47.2 Å². The first-order chi connectivity index (χ1) is 7.30. The van der Waals surface area contributed by atoms with Crippen LogP contribution in [-0.2, 0) is 10.3 Å². The van der Waals surface area contributed by atoms with Crippen LogP contribution in [-0.4, -0.2) is 16.7 Å². The lowest BCUT2D eigenvalue weighted by atomic mass is 9.97. The molecule has 1 aromatic rings. The fourth-order valence-electron chi connectivity index (χ4n) is 2.24. The van der Waals surface area contributed by atoms with E-state index in [0.717, 1.165) is 5.57 Å². The van der Waals surface area contributed by atoms with Crippen molar-refractivity contribution in [2.24, 2.45) is 0 Å². The Labute approximate surface area is 85.5 Å². The van der Waals surface area contributed by atoms with Crippen molar-refractivity contribution in [2.45, 2.75) is 5.60 Å². The normalized spacial score (nSPS) is 29.5. The fourth-order valence-corrected chi connectivity index (χ4v) is 2.24. The van der Waals surface area contributed by atoms with E-state index in [1.54, 1.807) is 18.3 Å². The van der Waals surface area contributed by atoms with Gasteiger partial charge in [0.15, 0.2) is 11.5 Å². The van der Waals surface area contributed by atoms with Crippen molar-refractivity contribution in [3.8, 4) is 5.75 Å². The third kappa shape index (κ3) is 0.648. The lowest BCUT2D eigenvalue weighted by molar-refractivity contribution is 0.0137. The van der Waals surface area contributed by atoms with E-state index in [-0.39, 0.29) is 0 Å². The van der Waals surface area contributed by atoms with Crippen LogP contribution >= 0.6 is 0 Å². The molecular formula is C11H7NO3. The van der Waals surface area contributed by atoms with Crippen molar-refractivity contribution in [3.63, 3.8) is 0 Å². The molecule has 0 bridgehead atoms. The molecule has 1 atom stereocenters. The molecule has 0 fully saturated rings. The molecule has 74 valence electrons. The monoisotopic (exact) mass is 201 g/mol. The molecule has 3 aliphatic rings. The maximum Gasteiger partial charge on any atom is 0.226 e. The van der Waals surface area contributed by atoms with Crippen LogP contribution < -0.4 is 4.74 Å². The van der Waals surface area contributed by atoms with E-state index in [0.29, 0.717) is 29.6 Å².